The normalized spacial score (nSPS) is 13.1. The van der Waals surface area contributed by atoms with Gasteiger partial charge in [-0.25, -0.2) is 0 Å². The molecule has 1 rings (SSSR count). The second kappa shape index (κ2) is 7.37. The van der Waals surface area contributed by atoms with Crippen LogP contribution >= 0.6 is 27.5 Å². The lowest BCUT2D eigenvalue weighted by Crippen LogP contribution is -2.27. The molecule has 1 aromatic carbocycles. The van der Waals surface area contributed by atoms with Crippen molar-refractivity contribution in [3.63, 3.8) is 0 Å². The zero-order valence-electron chi connectivity index (χ0n) is 10.2. The summed E-state index contributed by atoms with van der Waals surface area (Å²) < 4.78 is 0.978. The summed E-state index contributed by atoms with van der Waals surface area (Å²) in [5.41, 5.74) is 1.05. The summed E-state index contributed by atoms with van der Waals surface area (Å²) >= 11 is 9.47. The third-order valence-electron chi connectivity index (χ3n) is 2.45. The number of aliphatic hydroxyl groups is 1. The van der Waals surface area contributed by atoms with Gasteiger partial charge in [0, 0.05) is 22.6 Å². The van der Waals surface area contributed by atoms with Gasteiger partial charge in [0.25, 0.3) is 0 Å². The van der Waals surface area contributed by atoms with Gasteiger partial charge >= 0.3 is 0 Å². The lowest BCUT2D eigenvalue weighted by Gasteiger charge is -2.14. The predicted octanol–water partition coefficient (Wildman–Crippen LogP) is 3.60. The highest BCUT2D eigenvalue weighted by atomic mass is 79.9. The van der Waals surface area contributed by atoms with Crippen molar-refractivity contribution in [3.05, 3.63) is 33.3 Å². The molecule has 96 valence electrons. The Hall–Kier alpha value is -0.0900. The number of hydrogen-bond acceptors (Lipinski definition) is 2. The Kier molecular flexibility index (Phi) is 6.49. The fourth-order valence-corrected chi connectivity index (χ4v) is 2.41. The van der Waals surface area contributed by atoms with Crippen LogP contribution in [0.25, 0.3) is 0 Å². The molecule has 17 heavy (non-hydrogen) atoms. The Morgan fingerprint density at radius 3 is 2.71 bits per heavy atom. The fourth-order valence-electron chi connectivity index (χ4n) is 1.67. The van der Waals surface area contributed by atoms with Crippen molar-refractivity contribution < 1.29 is 5.11 Å². The van der Waals surface area contributed by atoms with E-state index in [1.54, 1.807) is 0 Å². The molecule has 0 fully saturated rings. The van der Waals surface area contributed by atoms with Crippen LogP contribution in [0.1, 0.15) is 25.8 Å². The summed E-state index contributed by atoms with van der Waals surface area (Å²) in [5, 5.41) is 13.7. The van der Waals surface area contributed by atoms with E-state index in [4.69, 9.17) is 11.6 Å². The Labute approximate surface area is 117 Å². The van der Waals surface area contributed by atoms with Gasteiger partial charge in [-0.15, -0.1) is 0 Å². The number of halogens is 2. The molecule has 0 aromatic heterocycles. The minimum Gasteiger partial charge on any atom is -0.392 e. The summed E-state index contributed by atoms with van der Waals surface area (Å²) in [7, 11) is 0. The number of rotatable bonds is 6. The largest absolute Gasteiger partial charge is 0.392 e. The number of benzene rings is 1. The highest BCUT2D eigenvalue weighted by Crippen LogP contribution is 2.21. The first-order valence-electron chi connectivity index (χ1n) is 5.81. The summed E-state index contributed by atoms with van der Waals surface area (Å²) in [6, 6.07) is 5.82. The van der Waals surface area contributed by atoms with Crippen LogP contribution in [0, 0.1) is 5.92 Å². The van der Waals surface area contributed by atoms with Gasteiger partial charge in [-0.3, -0.25) is 0 Å². The smallest absolute Gasteiger partial charge is 0.0667 e. The van der Waals surface area contributed by atoms with Crippen molar-refractivity contribution in [3.8, 4) is 0 Å². The maximum Gasteiger partial charge on any atom is 0.0667 e. The topological polar surface area (TPSA) is 32.3 Å². The molecule has 2 nitrogen and oxygen atoms in total. The molecule has 0 amide bonds. The van der Waals surface area contributed by atoms with Crippen LogP contribution in [0.2, 0.25) is 5.02 Å². The van der Waals surface area contributed by atoms with Gasteiger partial charge in [-0.05, 0) is 30.0 Å². The van der Waals surface area contributed by atoms with Crippen molar-refractivity contribution in [2.45, 2.75) is 32.9 Å². The Bertz CT molecular complexity index is 357. The SMILES string of the molecule is CC(C)CC(O)CNCc1ccc(Br)cc1Cl. The summed E-state index contributed by atoms with van der Waals surface area (Å²) in [4.78, 5) is 0. The van der Waals surface area contributed by atoms with E-state index < -0.39 is 0 Å². The zero-order valence-corrected chi connectivity index (χ0v) is 12.6. The van der Waals surface area contributed by atoms with Crippen LogP contribution in [0.4, 0.5) is 0 Å². The average molecular weight is 321 g/mol. The fraction of sp³-hybridized carbons (Fsp3) is 0.538. The molecule has 0 saturated carbocycles. The number of nitrogens with one attached hydrogen (secondary N) is 1. The van der Waals surface area contributed by atoms with Crippen LogP contribution in [0.5, 0.6) is 0 Å². The lowest BCUT2D eigenvalue weighted by atomic mass is 10.1. The molecule has 0 aliphatic heterocycles. The van der Waals surface area contributed by atoms with E-state index in [-0.39, 0.29) is 6.10 Å². The van der Waals surface area contributed by atoms with Crippen LogP contribution in [-0.4, -0.2) is 17.8 Å². The van der Waals surface area contributed by atoms with E-state index in [0.717, 1.165) is 21.5 Å². The van der Waals surface area contributed by atoms with Crippen molar-refractivity contribution in [2.24, 2.45) is 5.92 Å². The Morgan fingerprint density at radius 2 is 2.12 bits per heavy atom. The average Bonchev–Trinajstić information content (AvgIpc) is 2.20. The molecule has 0 aliphatic carbocycles. The van der Waals surface area contributed by atoms with Crippen LogP contribution < -0.4 is 5.32 Å². The van der Waals surface area contributed by atoms with Gasteiger partial charge in [0.15, 0.2) is 0 Å². The first-order valence-corrected chi connectivity index (χ1v) is 6.99. The molecule has 2 N–H and O–H groups in total. The van der Waals surface area contributed by atoms with Gasteiger partial charge in [-0.2, -0.15) is 0 Å². The van der Waals surface area contributed by atoms with Crippen molar-refractivity contribution in [1.82, 2.24) is 5.32 Å². The molecule has 1 aromatic rings. The molecule has 0 spiro atoms. The second-order valence-electron chi connectivity index (χ2n) is 4.65. The molecule has 0 bridgehead atoms. The molecule has 1 unspecified atom stereocenters. The van der Waals surface area contributed by atoms with E-state index in [0.29, 0.717) is 19.0 Å². The van der Waals surface area contributed by atoms with Crippen LogP contribution in [-0.2, 0) is 6.54 Å². The Morgan fingerprint density at radius 1 is 1.41 bits per heavy atom. The van der Waals surface area contributed by atoms with E-state index >= 15 is 0 Å². The predicted molar refractivity (Wildman–Crippen MR) is 76.3 cm³/mol. The van der Waals surface area contributed by atoms with Crippen LogP contribution in [0.15, 0.2) is 22.7 Å². The molecule has 0 saturated heterocycles. The minimum absolute atomic E-state index is 0.288. The first-order chi connectivity index (χ1) is 7.99. The summed E-state index contributed by atoms with van der Waals surface area (Å²) in [5.74, 6) is 0.517. The summed E-state index contributed by atoms with van der Waals surface area (Å²) in [6.45, 7) is 5.50. The standard InChI is InChI=1S/C13H19BrClNO/c1-9(2)5-12(17)8-16-7-10-3-4-11(14)6-13(10)15/h3-4,6,9,12,16-17H,5,7-8H2,1-2H3. The van der Waals surface area contributed by atoms with Gasteiger partial charge in [0.2, 0.25) is 0 Å². The third kappa shape index (κ3) is 5.87. The first kappa shape index (κ1) is 15.0. The maximum absolute atomic E-state index is 9.71. The third-order valence-corrected chi connectivity index (χ3v) is 3.30. The number of hydrogen-bond donors (Lipinski definition) is 2. The highest BCUT2D eigenvalue weighted by molar-refractivity contribution is 9.10. The van der Waals surface area contributed by atoms with E-state index in [2.05, 4.69) is 35.1 Å². The molecule has 0 radical (unpaired) electrons. The lowest BCUT2D eigenvalue weighted by molar-refractivity contribution is 0.146. The molecular weight excluding hydrogens is 302 g/mol. The van der Waals surface area contributed by atoms with Crippen molar-refractivity contribution >= 4 is 27.5 Å². The van der Waals surface area contributed by atoms with Crippen molar-refractivity contribution in [1.29, 1.82) is 0 Å². The molecule has 0 aliphatic rings. The van der Waals surface area contributed by atoms with Gasteiger partial charge in [0.1, 0.15) is 0 Å². The zero-order chi connectivity index (χ0) is 12.8. The molecule has 1 atom stereocenters. The second-order valence-corrected chi connectivity index (χ2v) is 5.97. The van der Waals surface area contributed by atoms with E-state index in [1.807, 2.05) is 18.2 Å². The molecular formula is C13H19BrClNO. The van der Waals surface area contributed by atoms with Gasteiger partial charge in [0.05, 0.1) is 6.10 Å². The maximum atomic E-state index is 9.71. The summed E-state index contributed by atoms with van der Waals surface area (Å²) in [6.07, 6.45) is 0.533. The van der Waals surface area contributed by atoms with Gasteiger partial charge in [-0.1, -0.05) is 47.4 Å². The van der Waals surface area contributed by atoms with Gasteiger partial charge < -0.3 is 10.4 Å². The Balaban J connectivity index is 2.35. The molecule has 0 heterocycles. The highest BCUT2D eigenvalue weighted by Gasteiger charge is 2.07. The quantitative estimate of drug-likeness (QED) is 0.839. The molecule has 4 heteroatoms. The van der Waals surface area contributed by atoms with E-state index in [1.165, 1.54) is 0 Å². The van der Waals surface area contributed by atoms with Crippen molar-refractivity contribution in [2.75, 3.05) is 6.54 Å². The minimum atomic E-state index is -0.288. The van der Waals surface area contributed by atoms with E-state index in [9.17, 15) is 5.11 Å². The van der Waals surface area contributed by atoms with Crippen LogP contribution in [0.3, 0.4) is 0 Å². The number of aliphatic hydroxyl groups excluding tert-OH is 1. The monoisotopic (exact) mass is 319 g/mol.